The predicted molar refractivity (Wildman–Crippen MR) is 112 cm³/mol. The number of para-hydroxylation sites is 1. The average Bonchev–Trinajstić information content (AvgIpc) is 3.30. The molecule has 5 heteroatoms. The van der Waals surface area contributed by atoms with Crippen LogP contribution >= 0.6 is 0 Å². The fraction of sp³-hybridized carbons (Fsp3) is 0. The maximum absolute atomic E-state index is 12.8. The van der Waals surface area contributed by atoms with Crippen molar-refractivity contribution in [3.8, 4) is 17.2 Å². The smallest absolute Gasteiger partial charge is 0.255 e. The molecule has 1 N–H and O–H groups in total. The summed E-state index contributed by atoms with van der Waals surface area (Å²) in [5.41, 5.74) is 2.13. The molecular formula is C24H18N2O3. The summed E-state index contributed by atoms with van der Waals surface area (Å²) in [4.78, 5) is 24.2. The Morgan fingerprint density at radius 2 is 1.62 bits per heavy atom. The lowest BCUT2D eigenvalue weighted by Crippen LogP contribution is -2.13. The zero-order valence-corrected chi connectivity index (χ0v) is 15.5. The van der Waals surface area contributed by atoms with Crippen LogP contribution in [0.15, 0.2) is 97.3 Å². The van der Waals surface area contributed by atoms with Crippen LogP contribution in [0.5, 0.6) is 11.5 Å². The van der Waals surface area contributed by atoms with E-state index in [1.165, 1.54) is 0 Å². The molecule has 0 saturated heterocycles. The fourth-order valence-electron chi connectivity index (χ4n) is 2.94. The quantitative estimate of drug-likeness (QED) is 0.458. The Bertz CT molecular complexity index is 1140. The minimum absolute atomic E-state index is 0.307. The molecule has 4 rings (SSSR count). The number of nitrogens with zero attached hydrogens (tertiary/aromatic N) is 1. The number of ether oxygens (including phenoxy) is 1. The molecule has 0 aliphatic carbocycles. The van der Waals surface area contributed by atoms with Gasteiger partial charge >= 0.3 is 0 Å². The standard InChI is InChI=1S/C24H18N2O3/c27-17-19-11-12-22(29-21-9-2-1-3-10-21)16-23(19)25-24(28)18-7-6-8-20(15-18)26-13-4-5-14-26/h1-17H,(H,25,28). The van der Waals surface area contributed by atoms with Crippen molar-refractivity contribution in [2.45, 2.75) is 0 Å². The Labute approximate surface area is 168 Å². The zero-order valence-electron chi connectivity index (χ0n) is 15.5. The summed E-state index contributed by atoms with van der Waals surface area (Å²) in [6.45, 7) is 0. The van der Waals surface area contributed by atoms with Gasteiger partial charge in [-0.05, 0) is 54.6 Å². The third kappa shape index (κ3) is 4.25. The van der Waals surface area contributed by atoms with E-state index in [0.717, 1.165) is 5.69 Å². The van der Waals surface area contributed by atoms with E-state index in [4.69, 9.17) is 4.74 Å². The van der Waals surface area contributed by atoms with Crippen LogP contribution in [0.3, 0.4) is 0 Å². The highest BCUT2D eigenvalue weighted by Crippen LogP contribution is 2.27. The number of amides is 1. The number of carbonyl (C=O) groups excluding carboxylic acids is 2. The average molecular weight is 382 g/mol. The van der Waals surface area contributed by atoms with Crippen molar-refractivity contribution >= 4 is 17.9 Å². The number of benzene rings is 3. The minimum Gasteiger partial charge on any atom is -0.457 e. The lowest BCUT2D eigenvalue weighted by Gasteiger charge is -2.12. The molecule has 0 aliphatic heterocycles. The summed E-state index contributed by atoms with van der Waals surface area (Å²) >= 11 is 0. The molecule has 0 aliphatic rings. The van der Waals surface area contributed by atoms with Gasteiger partial charge in [0.2, 0.25) is 0 Å². The SMILES string of the molecule is O=Cc1ccc(Oc2ccccc2)cc1NC(=O)c1cccc(-n2cccc2)c1. The van der Waals surface area contributed by atoms with E-state index in [0.29, 0.717) is 34.6 Å². The van der Waals surface area contributed by atoms with Crippen LogP contribution in [0.25, 0.3) is 5.69 Å². The summed E-state index contributed by atoms with van der Waals surface area (Å²) in [5.74, 6) is 0.889. The zero-order chi connectivity index (χ0) is 20.1. The summed E-state index contributed by atoms with van der Waals surface area (Å²) in [6, 6.07) is 25.4. The Hall–Kier alpha value is -4.12. The molecule has 1 aromatic heterocycles. The Balaban J connectivity index is 1.58. The molecule has 0 fully saturated rings. The number of aldehydes is 1. The summed E-state index contributed by atoms with van der Waals surface area (Å²) in [7, 11) is 0. The van der Waals surface area contributed by atoms with Gasteiger partial charge in [0, 0.05) is 35.3 Å². The summed E-state index contributed by atoms with van der Waals surface area (Å²) < 4.78 is 7.72. The monoisotopic (exact) mass is 382 g/mol. The molecule has 0 radical (unpaired) electrons. The molecule has 0 saturated carbocycles. The highest BCUT2D eigenvalue weighted by Gasteiger charge is 2.12. The van der Waals surface area contributed by atoms with E-state index in [2.05, 4.69) is 5.32 Å². The molecule has 142 valence electrons. The summed E-state index contributed by atoms with van der Waals surface area (Å²) in [5, 5.41) is 2.82. The molecule has 1 heterocycles. The first-order valence-corrected chi connectivity index (χ1v) is 9.10. The molecule has 1 amide bonds. The first-order valence-electron chi connectivity index (χ1n) is 9.10. The maximum atomic E-state index is 12.8. The van der Waals surface area contributed by atoms with Crippen LogP contribution in [0.2, 0.25) is 0 Å². The molecule has 3 aromatic carbocycles. The topological polar surface area (TPSA) is 60.3 Å². The van der Waals surface area contributed by atoms with Gasteiger partial charge in [0.25, 0.3) is 5.91 Å². The number of hydrogen-bond donors (Lipinski definition) is 1. The van der Waals surface area contributed by atoms with Crippen molar-refractivity contribution < 1.29 is 14.3 Å². The Morgan fingerprint density at radius 1 is 0.828 bits per heavy atom. The Morgan fingerprint density at radius 3 is 2.38 bits per heavy atom. The first kappa shape index (κ1) is 18.3. The third-order valence-corrected chi connectivity index (χ3v) is 4.39. The van der Waals surface area contributed by atoms with Crippen LogP contribution in [0, 0.1) is 0 Å². The van der Waals surface area contributed by atoms with E-state index in [-0.39, 0.29) is 5.91 Å². The molecule has 0 spiro atoms. The number of carbonyl (C=O) groups is 2. The normalized spacial score (nSPS) is 10.3. The maximum Gasteiger partial charge on any atom is 0.255 e. The van der Waals surface area contributed by atoms with Crippen molar-refractivity contribution in [1.29, 1.82) is 0 Å². The number of hydrogen-bond acceptors (Lipinski definition) is 3. The van der Waals surface area contributed by atoms with Gasteiger partial charge in [-0.15, -0.1) is 0 Å². The molecular weight excluding hydrogens is 364 g/mol. The van der Waals surface area contributed by atoms with E-state index in [9.17, 15) is 9.59 Å². The minimum atomic E-state index is -0.307. The highest BCUT2D eigenvalue weighted by atomic mass is 16.5. The van der Waals surface area contributed by atoms with Crippen molar-refractivity contribution in [1.82, 2.24) is 4.57 Å². The molecule has 0 bridgehead atoms. The van der Waals surface area contributed by atoms with Crippen LogP contribution in [0.4, 0.5) is 5.69 Å². The van der Waals surface area contributed by atoms with Gasteiger partial charge in [-0.2, -0.15) is 0 Å². The molecule has 0 unspecified atom stereocenters. The number of rotatable bonds is 6. The van der Waals surface area contributed by atoms with E-state index in [1.54, 1.807) is 30.3 Å². The van der Waals surface area contributed by atoms with E-state index >= 15 is 0 Å². The number of aromatic nitrogens is 1. The molecule has 4 aromatic rings. The van der Waals surface area contributed by atoms with E-state index < -0.39 is 0 Å². The molecule has 5 nitrogen and oxygen atoms in total. The van der Waals surface area contributed by atoms with Gasteiger partial charge in [-0.3, -0.25) is 9.59 Å². The lowest BCUT2D eigenvalue weighted by atomic mass is 10.1. The fourth-order valence-corrected chi connectivity index (χ4v) is 2.94. The van der Waals surface area contributed by atoms with E-state index in [1.807, 2.05) is 71.6 Å². The van der Waals surface area contributed by atoms with Crippen LogP contribution in [-0.4, -0.2) is 16.8 Å². The second kappa shape index (κ2) is 8.27. The molecule has 29 heavy (non-hydrogen) atoms. The van der Waals surface area contributed by atoms with Gasteiger partial charge in [-0.25, -0.2) is 0 Å². The second-order valence-electron chi connectivity index (χ2n) is 6.38. The van der Waals surface area contributed by atoms with Gasteiger partial charge in [0.15, 0.2) is 6.29 Å². The number of nitrogens with one attached hydrogen (secondary N) is 1. The van der Waals surface area contributed by atoms with Crippen LogP contribution < -0.4 is 10.1 Å². The van der Waals surface area contributed by atoms with Crippen LogP contribution in [-0.2, 0) is 0 Å². The van der Waals surface area contributed by atoms with Gasteiger partial charge < -0.3 is 14.6 Å². The Kier molecular flexibility index (Phi) is 5.21. The predicted octanol–water partition coefficient (Wildman–Crippen LogP) is 5.33. The van der Waals surface area contributed by atoms with Crippen molar-refractivity contribution in [2.24, 2.45) is 0 Å². The largest absolute Gasteiger partial charge is 0.457 e. The number of anilines is 1. The second-order valence-corrected chi connectivity index (χ2v) is 6.38. The molecule has 0 atom stereocenters. The van der Waals surface area contributed by atoms with Gasteiger partial charge in [0.1, 0.15) is 11.5 Å². The highest BCUT2D eigenvalue weighted by molar-refractivity contribution is 6.06. The van der Waals surface area contributed by atoms with Crippen LogP contribution in [0.1, 0.15) is 20.7 Å². The van der Waals surface area contributed by atoms with Crippen molar-refractivity contribution in [2.75, 3.05) is 5.32 Å². The van der Waals surface area contributed by atoms with Gasteiger partial charge in [-0.1, -0.05) is 24.3 Å². The summed E-state index contributed by atoms with van der Waals surface area (Å²) in [6.07, 6.45) is 4.52. The van der Waals surface area contributed by atoms with Gasteiger partial charge in [0.05, 0.1) is 5.69 Å². The first-order chi connectivity index (χ1) is 14.2. The lowest BCUT2D eigenvalue weighted by molar-refractivity contribution is 0.102. The third-order valence-electron chi connectivity index (χ3n) is 4.39. The van der Waals surface area contributed by atoms with Crippen molar-refractivity contribution in [3.63, 3.8) is 0 Å². The van der Waals surface area contributed by atoms with Crippen molar-refractivity contribution in [3.05, 3.63) is 108 Å².